The molecule has 1 heterocycles. The van der Waals surface area contributed by atoms with Crippen molar-refractivity contribution in [1.82, 2.24) is 10.2 Å². The van der Waals surface area contributed by atoms with Crippen molar-refractivity contribution in [2.45, 2.75) is 45.4 Å². The average Bonchev–Trinajstić information content (AvgIpc) is 2.45. The lowest BCUT2D eigenvalue weighted by Gasteiger charge is -2.36. The summed E-state index contributed by atoms with van der Waals surface area (Å²) in [7, 11) is 0. The molecule has 1 saturated heterocycles. The SMILES string of the molecule is CC(=O)N[C@H](CC(=O)N1C[C@@H](C)O[C@@H](C)C1)c1ccc(Cl)cc1. The predicted octanol–water partition coefficient (Wildman–Crippen LogP) is 2.54. The molecule has 1 fully saturated rings. The molecule has 0 aromatic heterocycles. The number of benzene rings is 1. The van der Waals surface area contributed by atoms with E-state index in [9.17, 15) is 9.59 Å². The number of ether oxygens (including phenoxy) is 1. The Bertz CT molecular complexity index is 551. The topological polar surface area (TPSA) is 58.6 Å². The number of rotatable bonds is 4. The first-order valence-corrected chi connectivity index (χ1v) is 8.18. The minimum absolute atomic E-state index is 0.0145. The van der Waals surface area contributed by atoms with Crippen molar-refractivity contribution in [2.75, 3.05) is 13.1 Å². The van der Waals surface area contributed by atoms with Gasteiger partial charge in [0.1, 0.15) is 0 Å². The summed E-state index contributed by atoms with van der Waals surface area (Å²) in [5, 5.41) is 3.47. The molecule has 2 amide bonds. The first kappa shape index (κ1) is 17.8. The van der Waals surface area contributed by atoms with Gasteiger partial charge in [0, 0.05) is 25.0 Å². The van der Waals surface area contributed by atoms with E-state index in [-0.39, 0.29) is 36.5 Å². The zero-order chi connectivity index (χ0) is 17.0. The zero-order valence-corrected chi connectivity index (χ0v) is 14.5. The molecule has 0 unspecified atom stereocenters. The second kappa shape index (κ2) is 7.79. The number of nitrogens with one attached hydrogen (secondary N) is 1. The monoisotopic (exact) mass is 338 g/mol. The van der Waals surface area contributed by atoms with Crippen LogP contribution in [0, 0.1) is 0 Å². The molecular weight excluding hydrogens is 316 g/mol. The third-order valence-electron chi connectivity index (χ3n) is 3.80. The predicted molar refractivity (Wildman–Crippen MR) is 89.2 cm³/mol. The molecule has 126 valence electrons. The summed E-state index contributed by atoms with van der Waals surface area (Å²) in [6.45, 7) is 6.53. The van der Waals surface area contributed by atoms with Crippen molar-refractivity contribution in [3.8, 4) is 0 Å². The number of hydrogen-bond donors (Lipinski definition) is 1. The van der Waals surface area contributed by atoms with Gasteiger partial charge in [0.05, 0.1) is 24.7 Å². The molecule has 1 aliphatic rings. The molecule has 2 rings (SSSR count). The van der Waals surface area contributed by atoms with Crippen LogP contribution in [0.25, 0.3) is 0 Å². The molecule has 6 heteroatoms. The Morgan fingerprint density at radius 1 is 1.26 bits per heavy atom. The molecule has 5 nitrogen and oxygen atoms in total. The summed E-state index contributed by atoms with van der Waals surface area (Å²) in [5.74, 6) is -0.151. The van der Waals surface area contributed by atoms with Gasteiger partial charge in [-0.2, -0.15) is 0 Å². The maximum Gasteiger partial charge on any atom is 0.225 e. The fourth-order valence-corrected chi connectivity index (χ4v) is 3.00. The Balaban J connectivity index is 2.09. The Kier molecular flexibility index (Phi) is 6.02. The van der Waals surface area contributed by atoms with Gasteiger partial charge in [-0.3, -0.25) is 9.59 Å². The lowest BCUT2D eigenvalue weighted by atomic mass is 10.0. The second-order valence-corrected chi connectivity index (χ2v) is 6.50. The van der Waals surface area contributed by atoms with E-state index in [2.05, 4.69) is 5.32 Å². The van der Waals surface area contributed by atoms with Gasteiger partial charge in [0.25, 0.3) is 0 Å². The smallest absolute Gasteiger partial charge is 0.225 e. The van der Waals surface area contributed by atoms with Crippen LogP contribution in [0.4, 0.5) is 0 Å². The number of halogens is 1. The number of hydrogen-bond acceptors (Lipinski definition) is 3. The first-order valence-electron chi connectivity index (χ1n) is 7.81. The Morgan fingerprint density at radius 2 is 1.83 bits per heavy atom. The lowest BCUT2D eigenvalue weighted by molar-refractivity contribution is -0.143. The van der Waals surface area contributed by atoms with Crippen LogP contribution in [0.3, 0.4) is 0 Å². The van der Waals surface area contributed by atoms with E-state index >= 15 is 0 Å². The van der Waals surface area contributed by atoms with Crippen molar-refractivity contribution in [3.05, 3.63) is 34.9 Å². The maximum atomic E-state index is 12.6. The van der Waals surface area contributed by atoms with Gasteiger partial charge in [0.15, 0.2) is 0 Å². The molecule has 0 spiro atoms. The number of amides is 2. The second-order valence-electron chi connectivity index (χ2n) is 6.06. The van der Waals surface area contributed by atoms with E-state index in [0.717, 1.165) is 5.56 Å². The van der Waals surface area contributed by atoms with E-state index in [4.69, 9.17) is 16.3 Å². The van der Waals surface area contributed by atoms with E-state index in [1.54, 1.807) is 12.1 Å². The summed E-state index contributed by atoms with van der Waals surface area (Å²) in [6.07, 6.45) is 0.274. The van der Waals surface area contributed by atoms with Crippen LogP contribution in [0.1, 0.15) is 38.8 Å². The number of carbonyl (C=O) groups is 2. The van der Waals surface area contributed by atoms with E-state index in [0.29, 0.717) is 18.1 Å². The minimum Gasteiger partial charge on any atom is -0.372 e. The fraction of sp³-hybridized carbons (Fsp3) is 0.529. The maximum absolute atomic E-state index is 12.6. The molecule has 3 atom stereocenters. The zero-order valence-electron chi connectivity index (χ0n) is 13.7. The molecule has 1 aliphatic heterocycles. The van der Waals surface area contributed by atoms with Gasteiger partial charge in [-0.15, -0.1) is 0 Å². The lowest BCUT2D eigenvalue weighted by Crippen LogP contribution is -2.49. The minimum atomic E-state index is -0.356. The van der Waals surface area contributed by atoms with Crippen molar-refractivity contribution in [3.63, 3.8) is 0 Å². The quantitative estimate of drug-likeness (QED) is 0.917. The number of nitrogens with zero attached hydrogens (tertiary/aromatic N) is 1. The molecule has 0 radical (unpaired) electrons. The van der Waals surface area contributed by atoms with Gasteiger partial charge >= 0.3 is 0 Å². The third kappa shape index (κ3) is 5.22. The molecule has 1 aromatic rings. The van der Waals surface area contributed by atoms with Crippen LogP contribution in [-0.4, -0.2) is 42.0 Å². The van der Waals surface area contributed by atoms with Gasteiger partial charge in [-0.05, 0) is 31.5 Å². The van der Waals surface area contributed by atoms with Crippen LogP contribution >= 0.6 is 11.6 Å². The van der Waals surface area contributed by atoms with Crippen molar-refractivity contribution in [2.24, 2.45) is 0 Å². The van der Waals surface area contributed by atoms with E-state index in [1.807, 2.05) is 30.9 Å². The van der Waals surface area contributed by atoms with Crippen LogP contribution in [0.2, 0.25) is 5.02 Å². The van der Waals surface area contributed by atoms with Crippen LogP contribution in [-0.2, 0) is 14.3 Å². The number of carbonyl (C=O) groups excluding carboxylic acids is 2. The molecule has 0 bridgehead atoms. The summed E-state index contributed by atoms with van der Waals surface area (Å²) in [6, 6.07) is 6.83. The van der Waals surface area contributed by atoms with Crippen molar-refractivity contribution < 1.29 is 14.3 Å². The average molecular weight is 339 g/mol. The van der Waals surface area contributed by atoms with Crippen LogP contribution < -0.4 is 5.32 Å². The third-order valence-corrected chi connectivity index (χ3v) is 4.05. The molecule has 23 heavy (non-hydrogen) atoms. The molecule has 1 N–H and O–H groups in total. The largest absolute Gasteiger partial charge is 0.372 e. The number of morpholine rings is 1. The van der Waals surface area contributed by atoms with Crippen LogP contribution in [0.5, 0.6) is 0 Å². The fourth-order valence-electron chi connectivity index (χ4n) is 2.88. The molecule has 0 saturated carbocycles. The highest BCUT2D eigenvalue weighted by molar-refractivity contribution is 6.30. The highest BCUT2D eigenvalue weighted by Crippen LogP contribution is 2.22. The van der Waals surface area contributed by atoms with Crippen molar-refractivity contribution >= 4 is 23.4 Å². The Morgan fingerprint density at radius 3 is 2.35 bits per heavy atom. The van der Waals surface area contributed by atoms with Crippen LogP contribution in [0.15, 0.2) is 24.3 Å². The standard InChI is InChI=1S/C17H23ClN2O3/c1-11-9-20(10-12(2)23-11)17(22)8-16(19-13(3)21)14-4-6-15(18)7-5-14/h4-7,11-12,16H,8-10H2,1-3H3,(H,19,21)/t11-,12+,16-/m1/s1. The summed E-state index contributed by atoms with van der Waals surface area (Å²) >= 11 is 5.91. The van der Waals surface area contributed by atoms with Gasteiger partial charge in [-0.25, -0.2) is 0 Å². The first-order chi connectivity index (χ1) is 10.8. The Hall–Kier alpha value is -1.59. The van der Waals surface area contributed by atoms with Gasteiger partial charge in [-0.1, -0.05) is 23.7 Å². The van der Waals surface area contributed by atoms with Gasteiger partial charge < -0.3 is 15.0 Å². The molecule has 1 aromatic carbocycles. The normalized spacial score (nSPS) is 22.5. The van der Waals surface area contributed by atoms with Crippen molar-refractivity contribution in [1.29, 1.82) is 0 Å². The highest BCUT2D eigenvalue weighted by atomic mass is 35.5. The molecule has 0 aliphatic carbocycles. The van der Waals surface area contributed by atoms with Gasteiger partial charge in [0.2, 0.25) is 11.8 Å². The highest BCUT2D eigenvalue weighted by Gasteiger charge is 2.28. The summed E-state index contributed by atoms with van der Waals surface area (Å²) in [5.41, 5.74) is 0.868. The Labute approximate surface area is 141 Å². The summed E-state index contributed by atoms with van der Waals surface area (Å²) < 4.78 is 5.66. The molecular formula is C17H23ClN2O3. The van der Waals surface area contributed by atoms with E-state index < -0.39 is 0 Å². The summed E-state index contributed by atoms with van der Waals surface area (Å²) in [4.78, 5) is 25.9. The van der Waals surface area contributed by atoms with E-state index in [1.165, 1.54) is 6.92 Å².